The summed E-state index contributed by atoms with van der Waals surface area (Å²) in [6, 6.07) is 15.9. The van der Waals surface area contributed by atoms with Crippen LogP contribution in [0.3, 0.4) is 0 Å². The third-order valence-electron chi connectivity index (χ3n) is 3.51. The molecule has 1 heterocycles. The number of nitrogens with zero attached hydrogens (tertiary/aromatic N) is 2. The standard InChI is InChI=1S/C17H16Cl2N2.BrH/c18-16-7-3-1-5-14(16)11-20-9-10-21(13-20)12-15-6-2-4-8-17(15)19;/h1-10H,11-13H2;1H. The molecule has 0 unspecified atom stereocenters. The molecule has 0 spiro atoms. The van der Waals surface area contributed by atoms with Crippen LogP contribution in [0, 0.1) is 0 Å². The summed E-state index contributed by atoms with van der Waals surface area (Å²) < 4.78 is 0. The minimum atomic E-state index is 0. The van der Waals surface area contributed by atoms with Gasteiger partial charge in [-0.2, -0.15) is 0 Å². The van der Waals surface area contributed by atoms with Crippen molar-refractivity contribution < 1.29 is 0 Å². The summed E-state index contributed by atoms with van der Waals surface area (Å²) in [5, 5.41) is 1.63. The Labute approximate surface area is 151 Å². The molecule has 0 saturated carbocycles. The van der Waals surface area contributed by atoms with Gasteiger partial charge in [0.25, 0.3) is 0 Å². The molecule has 2 aromatic carbocycles. The summed E-state index contributed by atoms with van der Waals surface area (Å²) in [7, 11) is 0. The van der Waals surface area contributed by atoms with Crippen LogP contribution in [-0.4, -0.2) is 16.5 Å². The average Bonchev–Trinajstić information content (AvgIpc) is 2.91. The Hall–Kier alpha value is -1.16. The molecule has 0 saturated heterocycles. The second-order valence-corrected chi connectivity index (χ2v) is 5.93. The molecule has 2 aromatic rings. The highest BCUT2D eigenvalue weighted by Gasteiger charge is 2.14. The van der Waals surface area contributed by atoms with E-state index >= 15 is 0 Å². The lowest BCUT2D eigenvalue weighted by Crippen LogP contribution is -2.24. The second kappa shape index (κ2) is 7.91. The highest BCUT2D eigenvalue weighted by atomic mass is 79.9. The van der Waals surface area contributed by atoms with Crippen LogP contribution >= 0.6 is 40.2 Å². The Bertz CT molecular complexity index is 605. The van der Waals surface area contributed by atoms with Gasteiger partial charge in [-0.15, -0.1) is 17.0 Å². The van der Waals surface area contributed by atoms with Crippen LogP contribution in [0.15, 0.2) is 60.9 Å². The van der Waals surface area contributed by atoms with Gasteiger partial charge in [-0.05, 0) is 23.3 Å². The molecule has 0 atom stereocenters. The van der Waals surface area contributed by atoms with Gasteiger partial charge < -0.3 is 9.80 Å². The van der Waals surface area contributed by atoms with E-state index in [1.54, 1.807) is 0 Å². The van der Waals surface area contributed by atoms with Crippen LogP contribution < -0.4 is 0 Å². The zero-order valence-electron chi connectivity index (χ0n) is 12.0. The maximum absolute atomic E-state index is 6.21. The van der Waals surface area contributed by atoms with Gasteiger partial charge in [0, 0.05) is 35.5 Å². The lowest BCUT2D eigenvalue weighted by atomic mass is 10.2. The SMILES string of the molecule is Br.Clc1ccccc1CN1C=CN(Cc2ccccc2Cl)C1. The van der Waals surface area contributed by atoms with Gasteiger partial charge in [0.05, 0.1) is 6.67 Å². The van der Waals surface area contributed by atoms with Gasteiger partial charge in [-0.25, -0.2) is 0 Å². The molecule has 22 heavy (non-hydrogen) atoms. The summed E-state index contributed by atoms with van der Waals surface area (Å²) in [4.78, 5) is 4.47. The highest BCUT2D eigenvalue weighted by molar-refractivity contribution is 8.93. The summed E-state index contributed by atoms with van der Waals surface area (Å²) in [5.41, 5.74) is 2.28. The van der Waals surface area contributed by atoms with Gasteiger partial charge in [-0.3, -0.25) is 0 Å². The molecule has 0 aromatic heterocycles. The lowest BCUT2D eigenvalue weighted by molar-refractivity contribution is 0.255. The first-order valence-corrected chi connectivity index (χ1v) is 7.61. The third-order valence-corrected chi connectivity index (χ3v) is 4.25. The molecule has 5 heteroatoms. The monoisotopic (exact) mass is 398 g/mol. The van der Waals surface area contributed by atoms with Crippen molar-refractivity contribution in [2.45, 2.75) is 13.1 Å². The normalized spacial score (nSPS) is 13.4. The van der Waals surface area contributed by atoms with Crippen molar-refractivity contribution in [3.8, 4) is 0 Å². The van der Waals surface area contributed by atoms with Gasteiger partial charge in [0.2, 0.25) is 0 Å². The summed E-state index contributed by atoms with van der Waals surface area (Å²) >= 11 is 12.4. The van der Waals surface area contributed by atoms with E-state index in [2.05, 4.69) is 34.3 Å². The number of halogens is 3. The first kappa shape index (κ1) is 17.2. The topological polar surface area (TPSA) is 6.48 Å². The van der Waals surface area contributed by atoms with Crippen LogP contribution in [0.4, 0.5) is 0 Å². The van der Waals surface area contributed by atoms with Crippen LogP contribution in [0.1, 0.15) is 11.1 Å². The number of benzene rings is 2. The van der Waals surface area contributed by atoms with E-state index < -0.39 is 0 Å². The molecule has 0 aliphatic carbocycles. The Morgan fingerprint density at radius 3 is 1.55 bits per heavy atom. The third kappa shape index (κ3) is 4.19. The predicted molar refractivity (Wildman–Crippen MR) is 98.3 cm³/mol. The van der Waals surface area contributed by atoms with E-state index in [-0.39, 0.29) is 17.0 Å². The van der Waals surface area contributed by atoms with Gasteiger partial charge >= 0.3 is 0 Å². The van der Waals surface area contributed by atoms with Crippen LogP contribution in [0.25, 0.3) is 0 Å². The molecule has 0 amide bonds. The fraction of sp³-hybridized carbons (Fsp3) is 0.176. The van der Waals surface area contributed by atoms with Crippen LogP contribution in [0.2, 0.25) is 10.0 Å². The fourth-order valence-corrected chi connectivity index (χ4v) is 2.80. The molecule has 1 aliphatic rings. The smallest absolute Gasteiger partial charge is 0.0900 e. The van der Waals surface area contributed by atoms with Crippen molar-refractivity contribution in [1.29, 1.82) is 0 Å². The molecule has 0 fully saturated rings. The van der Waals surface area contributed by atoms with Crippen molar-refractivity contribution >= 4 is 40.2 Å². The quantitative estimate of drug-likeness (QED) is 0.686. The molecule has 0 radical (unpaired) electrons. The first-order valence-electron chi connectivity index (χ1n) is 6.85. The highest BCUT2D eigenvalue weighted by Crippen LogP contribution is 2.22. The van der Waals surface area contributed by atoms with Gasteiger partial charge in [0.15, 0.2) is 0 Å². The zero-order valence-corrected chi connectivity index (χ0v) is 15.2. The number of hydrogen-bond donors (Lipinski definition) is 0. The molecule has 0 bridgehead atoms. The molecule has 1 aliphatic heterocycles. The fourth-order valence-electron chi connectivity index (χ4n) is 2.41. The molecule has 0 N–H and O–H groups in total. The van der Waals surface area contributed by atoms with E-state index in [1.165, 1.54) is 0 Å². The van der Waals surface area contributed by atoms with Crippen LogP contribution in [0.5, 0.6) is 0 Å². The molecular weight excluding hydrogens is 383 g/mol. The van der Waals surface area contributed by atoms with Crippen molar-refractivity contribution in [1.82, 2.24) is 9.80 Å². The van der Waals surface area contributed by atoms with Crippen molar-refractivity contribution in [2.75, 3.05) is 6.67 Å². The Morgan fingerprint density at radius 2 is 1.14 bits per heavy atom. The van der Waals surface area contributed by atoms with Crippen molar-refractivity contribution in [3.63, 3.8) is 0 Å². The van der Waals surface area contributed by atoms with E-state index in [9.17, 15) is 0 Å². The van der Waals surface area contributed by atoms with E-state index in [1.807, 2.05) is 36.4 Å². The van der Waals surface area contributed by atoms with E-state index in [4.69, 9.17) is 23.2 Å². The number of hydrogen-bond acceptors (Lipinski definition) is 2. The number of rotatable bonds is 4. The van der Waals surface area contributed by atoms with Gasteiger partial charge in [-0.1, -0.05) is 59.6 Å². The molecule has 2 nitrogen and oxygen atoms in total. The molecular formula is C17H17BrCl2N2. The molecule has 116 valence electrons. The van der Waals surface area contributed by atoms with Gasteiger partial charge in [0.1, 0.15) is 0 Å². The van der Waals surface area contributed by atoms with E-state index in [0.717, 1.165) is 40.9 Å². The summed E-state index contributed by atoms with van der Waals surface area (Å²) in [5.74, 6) is 0. The minimum absolute atomic E-state index is 0. The summed E-state index contributed by atoms with van der Waals surface area (Å²) in [6.07, 6.45) is 4.19. The molecule has 3 rings (SSSR count). The van der Waals surface area contributed by atoms with E-state index in [0.29, 0.717) is 0 Å². The first-order chi connectivity index (χ1) is 10.2. The maximum Gasteiger partial charge on any atom is 0.0900 e. The largest absolute Gasteiger partial charge is 0.354 e. The Balaban J connectivity index is 0.00000176. The zero-order chi connectivity index (χ0) is 14.7. The second-order valence-electron chi connectivity index (χ2n) is 5.12. The maximum atomic E-state index is 6.21. The summed E-state index contributed by atoms with van der Waals surface area (Å²) in [6.45, 7) is 2.47. The predicted octanol–water partition coefficient (Wildman–Crippen LogP) is 5.32. The Kier molecular flexibility index (Phi) is 6.18. The van der Waals surface area contributed by atoms with Crippen LogP contribution in [-0.2, 0) is 13.1 Å². The Morgan fingerprint density at radius 1 is 0.727 bits per heavy atom. The average molecular weight is 400 g/mol. The van der Waals surface area contributed by atoms with Crippen molar-refractivity contribution in [3.05, 3.63) is 82.1 Å². The lowest BCUT2D eigenvalue weighted by Gasteiger charge is -2.22. The minimum Gasteiger partial charge on any atom is -0.354 e. The van der Waals surface area contributed by atoms with Crippen molar-refractivity contribution in [2.24, 2.45) is 0 Å².